The average Bonchev–Trinajstić information content (AvgIpc) is 2.91. The van der Waals surface area contributed by atoms with Crippen LogP contribution in [0.25, 0.3) is 6.08 Å². The van der Waals surface area contributed by atoms with Gasteiger partial charge < -0.3 is 9.47 Å². The molecule has 2 aromatic rings. The number of hydrogen-bond donors (Lipinski definition) is 0. The van der Waals surface area contributed by atoms with Crippen LogP contribution in [0, 0.1) is 12.8 Å². The summed E-state index contributed by atoms with van der Waals surface area (Å²) in [4.78, 5) is 0. The second-order valence-corrected chi connectivity index (χ2v) is 6.64. The minimum Gasteiger partial charge on any atom is -0.343 e. The summed E-state index contributed by atoms with van der Waals surface area (Å²) in [5.41, 5.74) is 3.68. The third-order valence-corrected chi connectivity index (χ3v) is 4.81. The Bertz CT molecular complexity index is 690. The molecule has 0 N–H and O–H groups in total. The van der Waals surface area contributed by atoms with E-state index in [1.54, 1.807) is 0 Å². The maximum Gasteiger partial charge on any atom is 0.195 e. The van der Waals surface area contributed by atoms with Crippen LogP contribution in [0.2, 0.25) is 0 Å². The van der Waals surface area contributed by atoms with Crippen molar-refractivity contribution in [3.05, 3.63) is 77.4 Å². The van der Waals surface area contributed by atoms with Gasteiger partial charge in [-0.05, 0) is 24.8 Å². The Balaban J connectivity index is 1.54. The van der Waals surface area contributed by atoms with E-state index < -0.39 is 5.79 Å². The first-order valence-corrected chi connectivity index (χ1v) is 8.36. The molecule has 0 spiro atoms. The molecule has 0 aliphatic carbocycles. The summed E-state index contributed by atoms with van der Waals surface area (Å²) >= 11 is 0. The van der Waals surface area contributed by atoms with Crippen LogP contribution in [0.5, 0.6) is 0 Å². The minimum absolute atomic E-state index is 0.205. The molecule has 0 radical (unpaired) electrons. The summed E-state index contributed by atoms with van der Waals surface area (Å²) in [6, 6.07) is 19.0. The van der Waals surface area contributed by atoms with Crippen LogP contribution < -0.4 is 0 Å². The molecule has 2 fully saturated rings. The number of rotatable bonds is 3. The van der Waals surface area contributed by atoms with E-state index in [4.69, 9.17) is 9.47 Å². The molecule has 2 saturated heterocycles. The number of allylic oxidation sites excluding steroid dienone is 1. The Morgan fingerprint density at radius 1 is 1.04 bits per heavy atom. The van der Waals surface area contributed by atoms with Crippen molar-refractivity contribution in [1.82, 2.24) is 0 Å². The number of fused-ring (bicyclic) bond motifs is 2. The van der Waals surface area contributed by atoms with Gasteiger partial charge >= 0.3 is 0 Å². The van der Waals surface area contributed by atoms with Crippen LogP contribution in [-0.2, 0) is 15.3 Å². The lowest BCUT2D eigenvalue weighted by molar-refractivity contribution is -0.204. The molecule has 4 rings (SSSR count). The number of ether oxygens (including phenoxy) is 2. The highest BCUT2D eigenvalue weighted by atomic mass is 16.7. The van der Waals surface area contributed by atoms with Crippen LogP contribution in [0.1, 0.15) is 29.5 Å². The average molecular weight is 306 g/mol. The zero-order valence-electron chi connectivity index (χ0n) is 13.4. The van der Waals surface area contributed by atoms with Gasteiger partial charge in [0.1, 0.15) is 0 Å². The fourth-order valence-electron chi connectivity index (χ4n) is 3.59. The third kappa shape index (κ3) is 2.97. The molecular formula is C21H22O2. The molecule has 2 heterocycles. The Morgan fingerprint density at radius 3 is 2.61 bits per heavy atom. The molecule has 3 atom stereocenters. The molecule has 0 amide bonds. The Morgan fingerprint density at radius 2 is 1.83 bits per heavy atom. The fourth-order valence-corrected chi connectivity index (χ4v) is 3.59. The summed E-state index contributed by atoms with van der Waals surface area (Å²) in [7, 11) is 0. The molecule has 0 aromatic heterocycles. The van der Waals surface area contributed by atoms with Crippen molar-refractivity contribution >= 4 is 6.08 Å². The van der Waals surface area contributed by atoms with E-state index in [2.05, 4.69) is 67.6 Å². The molecule has 2 heteroatoms. The van der Waals surface area contributed by atoms with Gasteiger partial charge in [0.15, 0.2) is 5.79 Å². The summed E-state index contributed by atoms with van der Waals surface area (Å²) in [6.07, 6.45) is 6.68. The maximum atomic E-state index is 6.21. The van der Waals surface area contributed by atoms with Crippen LogP contribution in [-0.4, -0.2) is 12.7 Å². The standard InChI is InChI=1S/C21H22O2/c1-16-7-9-17(10-8-16)11-12-18-13-20-15-22-21(14-18,23-20)19-5-3-2-4-6-19/h2-12,18,20H,13-15H2,1H3/b12-11+/t18-,20-,21-/m0/s1. The van der Waals surface area contributed by atoms with Gasteiger partial charge in [0.2, 0.25) is 0 Å². The Hall–Kier alpha value is -1.90. The van der Waals surface area contributed by atoms with Crippen molar-refractivity contribution < 1.29 is 9.47 Å². The Labute approximate surface area is 137 Å². The molecule has 0 saturated carbocycles. The van der Waals surface area contributed by atoms with Crippen molar-refractivity contribution in [2.45, 2.75) is 31.7 Å². The molecule has 2 aliphatic rings. The molecule has 2 bridgehead atoms. The van der Waals surface area contributed by atoms with Crippen molar-refractivity contribution in [2.75, 3.05) is 6.61 Å². The van der Waals surface area contributed by atoms with Gasteiger partial charge in [-0.3, -0.25) is 0 Å². The maximum absolute atomic E-state index is 6.21. The lowest BCUT2D eigenvalue weighted by Gasteiger charge is -2.35. The van der Waals surface area contributed by atoms with Gasteiger partial charge in [-0.1, -0.05) is 72.3 Å². The number of aryl methyl sites for hydroxylation is 1. The first-order valence-electron chi connectivity index (χ1n) is 8.36. The largest absolute Gasteiger partial charge is 0.343 e. The minimum atomic E-state index is -0.549. The first kappa shape index (κ1) is 14.7. The van der Waals surface area contributed by atoms with Crippen LogP contribution >= 0.6 is 0 Å². The zero-order chi connectivity index (χ0) is 15.7. The third-order valence-electron chi connectivity index (χ3n) is 4.81. The second-order valence-electron chi connectivity index (χ2n) is 6.64. The predicted octanol–water partition coefficient (Wildman–Crippen LogP) is 4.69. The molecule has 2 aromatic carbocycles. The van der Waals surface area contributed by atoms with Gasteiger partial charge in [-0.25, -0.2) is 0 Å². The van der Waals surface area contributed by atoms with E-state index in [0.717, 1.165) is 18.4 Å². The van der Waals surface area contributed by atoms with E-state index in [-0.39, 0.29) is 6.10 Å². The van der Waals surface area contributed by atoms with Crippen LogP contribution in [0.4, 0.5) is 0 Å². The van der Waals surface area contributed by atoms with Crippen molar-refractivity contribution in [3.8, 4) is 0 Å². The topological polar surface area (TPSA) is 18.5 Å². The molecular weight excluding hydrogens is 284 g/mol. The molecule has 0 unspecified atom stereocenters. The van der Waals surface area contributed by atoms with E-state index >= 15 is 0 Å². The van der Waals surface area contributed by atoms with E-state index in [9.17, 15) is 0 Å². The highest BCUT2D eigenvalue weighted by Crippen LogP contribution is 2.46. The summed E-state index contributed by atoms with van der Waals surface area (Å²) in [5.74, 6) is -0.0651. The highest BCUT2D eigenvalue weighted by Gasteiger charge is 2.48. The van der Waals surface area contributed by atoms with Crippen molar-refractivity contribution in [1.29, 1.82) is 0 Å². The van der Waals surface area contributed by atoms with E-state index in [1.165, 1.54) is 11.1 Å². The van der Waals surface area contributed by atoms with Crippen molar-refractivity contribution in [2.24, 2.45) is 5.92 Å². The SMILES string of the molecule is Cc1ccc(/C=C/[C@H]2C[C@H]3CO[C@@](c4ccccc4)(C2)O3)cc1. The van der Waals surface area contributed by atoms with Gasteiger partial charge in [-0.15, -0.1) is 0 Å². The zero-order valence-corrected chi connectivity index (χ0v) is 13.4. The number of hydrogen-bond acceptors (Lipinski definition) is 2. The summed E-state index contributed by atoms with van der Waals surface area (Å²) in [6.45, 7) is 2.81. The van der Waals surface area contributed by atoms with E-state index in [1.807, 2.05) is 6.07 Å². The fraction of sp³-hybridized carbons (Fsp3) is 0.333. The lowest BCUT2D eigenvalue weighted by atomic mass is 9.87. The van der Waals surface area contributed by atoms with Gasteiger partial charge in [-0.2, -0.15) is 0 Å². The first-order chi connectivity index (χ1) is 11.2. The summed E-state index contributed by atoms with van der Waals surface area (Å²) < 4.78 is 12.3. The normalized spacial score (nSPS) is 30.0. The molecule has 118 valence electrons. The molecule has 2 nitrogen and oxygen atoms in total. The van der Waals surface area contributed by atoms with Gasteiger partial charge in [0.05, 0.1) is 12.7 Å². The quantitative estimate of drug-likeness (QED) is 0.819. The smallest absolute Gasteiger partial charge is 0.195 e. The van der Waals surface area contributed by atoms with Crippen LogP contribution in [0.15, 0.2) is 60.7 Å². The monoisotopic (exact) mass is 306 g/mol. The van der Waals surface area contributed by atoms with Gasteiger partial charge in [0, 0.05) is 12.0 Å². The second kappa shape index (κ2) is 5.95. The highest BCUT2D eigenvalue weighted by molar-refractivity contribution is 5.50. The van der Waals surface area contributed by atoms with Gasteiger partial charge in [0.25, 0.3) is 0 Å². The Kier molecular flexibility index (Phi) is 3.80. The lowest BCUT2D eigenvalue weighted by Crippen LogP contribution is -2.35. The van der Waals surface area contributed by atoms with E-state index in [0.29, 0.717) is 12.5 Å². The van der Waals surface area contributed by atoms with Crippen molar-refractivity contribution in [3.63, 3.8) is 0 Å². The van der Waals surface area contributed by atoms with Crippen LogP contribution in [0.3, 0.4) is 0 Å². The number of benzene rings is 2. The molecule has 2 aliphatic heterocycles. The summed E-state index contributed by atoms with van der Waals surface area (Å²) in [5, 5.41) is 0. The predicted molar refractivity (Wildman–Crippen MR) is 91.9 cm³/mol. The molecule has 23 heavy (non-hydrogen) atoms.